The molecule has 0 amide bonds. The molecule has 0 saturated carbocycles. The second-order valence-electron chi connectivity index (χ2n) is 6.94. The molecule has 0 aliphatic heterocycles. The van der Waals surface area contributed by atoms with Crippen LogP contribution in [-0.4, -0.2) is 42.7 Å². The van der Waals surface area contributed by atoms with E-state index < -0.39 is 0 Å². The second-order valence-corrected chi connectivity index (χ2v) is 6.94. The number of hydrogen-bond donors (Lipinski definition) is 3. The first-order valence-corrected chi connectivity index (χ1v) is 7.64. The molecule has 6 N–H and O–H groups in total. The van der Waals surface area contributed by atoms with Gasteiger partial charge in [-0.1, -0.05) is 41.5 Å². The molecule has 0 radical (unpaired) electrons. The lowest BCUT2D eigenvalue weighted by molar-refractivity contribution is 0.189. The van der Waals surface area contributed by atoms with Gasteiger partial charge >= 0.3 is 0 Å². The van der Waals surface area contributed by atoms with E-state index in [-0.39, 0.29) is 18.1 Å². The number of rotatable bonds is 9. The lowest BCUT2D eigenvalue weighted by Gasteiger charge is -2.33. The van der Waals surface area contributed by atoms with Gasteiger partial charge in [-0.2, -0.15) is 0 Å². The summed E-state index contributed by atoms with van der Waals surface area (Å²) in [5.74, 6) is 1.44. The highest BCUT2D eigenvalue weighted by Crippen LogP contribution is 2.08. The van der Waals surface area contributed by atoms with Crippen LogP contribution in [0.4, 0.5) is 0 Å². The summed E-state index contributed by atoms with van der Waals surface area (Å²) in [5, 5.41) is 0. The molecule has 0 aromatic carbocycles. The standard InChI is InChI=1S/C15H36N4/c1-10(2)13(16)7-19(8-14(17)11(3)4)9-15(18)12(5)6/h10-15H,7-9,16-18H2,1-6H3/t13-,14-,15-/m1/s1. The average Bonchev–Trinajstić information content (AvgIpc) is 2.27. The first-order chi connectivity index (χ1) is 8.65. The maximum Gasteiger partial charge on any atom is 0.0191 e. The Kier molecular flexibility index (Phi) is 8.83. The van der Waals surface area contributed by atoms with E-state index in [0.29, 0.717) is 17.8 Å². The first kappa shape index (κ1) is 18.8. The lowest BCUT2D eigenvalue weighted by Crippen LogP contribution is -2.51. The number of nitrogens with two attached hydrogens (primary N) is 3. The summed E-state index contributed by atoms with van der Waals surface area (Å²) in [6.45, 7) is 15.6. The number of nitrogens with zero attached hydrogens (tertiary/aromatic N) is 1. The molecular weight excluding hydrogens is 236 g/mol. The van der Waals surface area contributed by atoms with Crippen LogP contribution in [0.3, 0.4) is 0 Å². The van der Waals surface area contributed by atoms with Crippen LogP contribution in [-0.2, 0) is 0 Å². The highest BCUT2D eigenvalue weighted by molar-refractivity contribution is 4.80. The van der Waals surface area contributed by atoms with Crippen molar-refractivity contribution in [1.29, 1.82) is 0 Å². The smallest absolute Gasteiger partial charge is 0.0191 e. The zero-order valence-corrected chi connectivity index (χ0v) is 13.8. The highest BCUT2D eigenvalue weighted by Gasteiger charge is 2.20. The Labute approximate surface area is 120 Å². The fourth-order valence-electron chi connectivity index (χ4n) is 1.75. The maximum atomic E-state index is 6.20. The van der Waals surface area contributed by atoms with Crippen molar-refractivity contribution in [2.24, 2.45) is 35.0 Å². The fourth-order valence-corrected chi connectivity index (χ4v) is 1.75. The van der Waals surface area contributed by atoms with Crippen molar-refractivity contribution in [1.82, 2.24) is 4.90 Å². The van der Waals surface area contributed by atoms with Crippen LogP contribution >= 0.6 is 0 Å². The molecule has 4 nitrogen and oxygen atoms in total. The number of hydrogen-bond acceptors (Lipinski definition) is 4. The van der Waals surface area contributed by atoms with Crippen LogP contribution in [0.5, 0.6) is 0 Å². The fraction of sp³-hybridized carbons (Fsp3) is 1.00. The minimum Gasteiger partial charge on any atom is -0.326 e. The summed E-state index contributed by atoms with van der Waals surface area (Å²) in [6.07, 6.45) is 0. The molecule has 0 aliphatic rings. The van der Waals surface area contributed by atoms with Crippen molar-refractivity contribution in [3.8, 4) is 0 Å². The van der Waals surface area contributed by atoms with Gasteiger partial charge in [0.25, 0.3) is 0 Å². The van der Waals surface area contributed by atoms with Gasteiger partial charge in [-0.05, 0) is 17.8 Å². The van der Waals surface area contributed by atoms with E-state index in [1.807, 2.05) is 0 Å². The molecule has 19 heavy (non-hydrogen) atoms. The zero-order chi connectivity index (χ0) is 15.2. The van der Waals surface area contributed by atoms with Gasteiger partial charge in [-0.15, -0.1) is 0 Å². The Morgan fingerprint density at radius 3 is 0.947 bits per heavy atom. The van der Waals surface area contributed by atoms with Gasteiger partial charge in [0.15, 0.2) is 0 Å². The maximum absolute atomic E-state index is 6.20. The summed E-state index contributed by atoms with van der Waals surface area (Å²) < 4.78 is 0. The van der Waals surface area contributed by atoms with E-state index in [1.165, 1.54) is 0 Å². The van der Waals surface area contributed by atoms with Gasteiger partial charge in [-0.3, -0.25) is 4.90 Å². The topological polar surface area (TPSA) is 81.3 Å². The summed E-state index contributed by atoms with van der Waals surface area (Å²) in [5.41, 5.74) is 18.6. The molecule has 0 saturated heterocycles. The predicted octanol–water partition coefficient (Wildman–Crippen LogP) is 1.24. The quantitative estimate of drug-likeness (QED) is 0.590. The third-order valence-electron chi connectivity index (χ3n) is 3.98. The third-order valence-corrected chi connectivity index (χ3v) is 3.98. The molecule has 116 valence electrons. The van der Waals surface area contributed by atoms with Crippen molar-refractivity contribution in [2.45, 2.75) is 59.7 Å². The van der Waals surface area contributed by atoms with Gasteiger partial charge < -0.3 is 17.2 Å². The van der Waals surface area contributed by atoms with Crippen LogP contribution in [0.2, 0.25) is 0 Å². The molecule has 0 rings (SSSR count). The normalized spacial score (nSPS) is 17.5. The highest BCUT2D eigenvalue weighted by atomic mass is 15.2. The van der Waals surface area contributed by atoms with Gasteiger partial charge in [0.2, 0.25) is 0 Å². The van der Waals surface area contributed by atoms with E-state index >= 15 is 0 Å². The molecule has 0 aliphatic carbocycles. The Morgan fingerprint density at radius 2 is 0.789 bits per heavy atom. The van der Waals surface area contributed by atoms with E-state index in [1.54, 1.807) is 0 Å². The molecule has 0 bridgehead atoms. The molecule has 0 aromatic rings. The monoisotopic (exact) mass is 272 g/mol. The Bertz CT molecular complexity index is 190. The molecular formula is C15H36N4. The van der Waals surface area contributed by atoms with E-state index in [2.05, 4.69) is 46.4 Å². The second kappa shape index (κ2) is 8.90. The molecule has 0 unspecified atom stereocenters. The van der Waals surface area contributed by atoms with Crippen molar-refractivity contribution in [2.75, 3.05) is 19.6 Å². The molecule has 4 heteroatoms. The van der Waals surface area contributed by atoms with E-state index in [4.69, 9.17) is 17.2 Å². The Balaban J connectivity index is 4.54. The summed E-state index contributed by atoms with van der Waals surface area (Å²) >= 11 is 0. The van der Waals surface area contributed by atoms with Gasteiger partial charge in [0.05, 0.1) is 0 Å². The van der Waals surface area contributed by atoms with E-state index in [0.717, 1.165) is 19.6 Å². The minimum absolute atomic E-state index is 0.179. The van der Waals surface area contributed by atoms with E-state index in [9.17, 15) is 0 Å². The third kappa shape index (κ3) is 7.88. The SMILES string of the molecule is CC(C)[C@H](N)CN(C[C@@H](N)C(C)C)C[C@@H](N)C(C)C. The molecule has 0 spiro atoms. The van der Waals surface area contributed by atoms with Gasteiger partial charge in [0.1, 0.15) is 0 Å². The van der Waals surface area contributed by atoms with Crippen LogP contribution in [0.15, 0.2) is 0 Å². The molecule has 3 atom stereocenters. The minimum atomic E-state index is 0.179. The summed E-state index contributed by atoms with van der Waals surface area (Å²) in [7, 11) is 0. The van der Waals surface area contributed by atoms with Crippen molar-refractivity contribution in [3.05, 3.63) is 0 Å². The van der Waals surface area contributed by atoms with Crippen LogP contribution < -0.4 is 17.2 Å². The van der Waals surface area contributed by atoms with Gasteiger partial charge in [0, 0.05) is 37.8 Å². The molecule has 0 heterocycles. The molecule has 0 fully saturated rings. The van der Waals surface area contributed by atoms with Crippen molar-refractivity contribution >= 4 is 0 Å². The first-order valence-electron chi connectivity index (χ1n) is 7.64. The Hall–Kier alpha value is -0.160. The van der Waals surface area contributed by atoms with Crippen LogP contribution in [0.25, 0.3) is 0 Å². The van der Waals surface area contributed by atoms with Gasteiger partial charge in [-0.25, -0.2) is 0 Å². The lowest BCUT2D eigenvalue weighted by atomic mass is 10.00. The largest absolute Gasteiger partial charge is 0.326 e. The summed E-state index contributed by atoms with van der Waals surface area (Å²) in [6, 6.07) is 0.538. The Morgan fingerprint density at radius 1 is 0.579 bits per heavy atom. The molecule has 0 aromatic heterocycles. The van der Waals surface area contributed by atoms with Crippen LogP contribution in [0.1, 0.15) is 41.5 Å². The average molecular weight is 272 g/mol. The summed E-state index contributed by atoms with van der Waals surface area (Å²) in [4.78, 5) is 2.35. The zero-order valence-electron chi connectivity index (χ0n) is 13.8. The van der Waals surface area contributed by atoms with Crippen molar-refractivity contribution in [3.63, 3.8) is 0 Å². The predicted molar refractivity (Wildman–Crippen MR) is 84.9 cm³/mol. The van der Waals surface area contributed by atoms with Crippen LogP contribution in [0, 0.1) is 17.8 Å². The van der Waals surface area contributed by atoms with Crippen molar-refractivity contribution < 1.29 is 0 Å².